The van der Waals surface area contributed by atoms with E-state index in [1.54, 1.807) is 0 Å². The summed E-state index contributed by atoms with van der Waals surface area (Å²) < 4.78 is 0. The van der Waals surface area contributed by atoms with Gasteiger partial charge in [-0.2, -0.15) is 0 Å². The van der Waals surface area contributed by atoms with Crippen LogP contribution in [0.1, 0.15) is 24.0 Å². The summed E-state index contributed by atoms with van der Waals surface area (Å²) in [5, 5.41) is 14.5. The molecule has 0 unspecified atom stereocenters. The molecule has 5 heteroatoms. The van der Waals surface area contributed by atoms with Crippen molar-refractivity contribution in [2.24, 2.45) is 16.3 Å². The van der Waals surface area contributed by atoms with E-state index >= 15 is 0 Å². The molecule has 1 aliphatic rings. The predicted molar refractivity (Wildman–Crippen MR) is 69.6 cm³/mol. The highest BCUT2D eigenvalue weighted by Gasteiger charge is 2.54. The number of nitrogens with zero attached hydrogens (tertiary/aromatic N) is 1. The number of hydrogen-bond acceptors (Lipinski definition) is 3. The Hall–Kier alpha value is -2.04. The van der Waals surface area contributed by atoms with Gasteiger partial charge in [-0.1, -0.05) is 17.3 Å². The minimum atomic E-state index is -0.815. The van der Waals surface area contributed by atoms with Crippen molar-refractivity contribution in [3.05, 3.63) is 29.3 Å². The molecule has 0 heterocycles. The largest absolute Gasteiger partial charge is 0.409 e. The number of benzene rings is 1. The summed E-state index contributed by atoms with van der Waals surface area (Å²) in [6.45, 7) is 3.89. The second-order valence-electron chi connectivity index (χ2n) is 4.84. The third kappa shape index (κ3) is 2.03. The lowest BCUT2D eigenvalue weighted by Gasteiger charge is -2.15. The van der Waals surface area contributed by atoms with E-state index in [4.69, 9.17) is 10.9 Å². The lowest BCUT2D eigenvalue weighted by Crippen LogP contribution is -2.36. The molecule has 1 saturated carbocycles. The van der Waals surface area contributed by atoms with Gasteiger partial charge in [0, 0.05) is 5.69 Å². The maximum Gasteiger partial charge on any atom is 0.238 e. The number of hydrogen-bond donors (Lipinski definition) is 3. The van der Waals surface area contributed by atoms with Gasteiger partial charge in [-0.15, -0.1) is 0 Å². The summed E-state index contributed by atoms with van der Waals surface area (Å²) in [6.07, 6.45) is 1.25. The predicted octanol–water partition coefficient (Wildman–Crippen LogP) is 1.77. The van der Waals surface area contributed by atoms with Crippen LogP contribution >= 0.6 is 0 Å². The molecule has 2 rings (SSSR count). The van der Waals surface area contributed by atoms with Crippen molar-refractivity contribution in [1.82, 2.24) is 0 Å². The van der Waals surface area contributed by atoms with Gasteiger partial charge in [-0.05, 0) is 43.9 Å². The molecule has 1 aromatic carbocycles. The summed E-state index contributed by atoms with van der Waals surface area (Å²) in [6, 6.07) is 5.85. The fourth-order valence-corrected chi connectivity index (χ4v) is 1.93. The highest BCUT2D eigenvalue weighted by atomic mass is 16.4. The van der Waals surface area contributed by atoms with Crippen LogP contribution in [0.4, 0.5) is 5.69 Å². The van der Waals surface area contributed by atoms with Gasteiger partial charge in [0.2, 0.25) is 5.91 Å². The quantitative estimate of drug-likeness (QED) is 0.329. The minimum Gasteiger partial charge on any atom is -0.409 e. The molecule has 1 aliphatic carbocycles. The first-order chi connectivity index (χ1) is 8.49. The molecular weight excluding hydrogens is 230 g/mol. The number of aryl methyl sites for hydroxylation is 2. The first kappa shape index (κ1) is 12.4. The van der Waals surface area contributed by atoms with Gasteiger partial charge in [0.05, 0.1) is 0 Å². The van der Waals surface area contributed by atoms with Gasteiger partial charge < -0.3 is 16.3 Å². The third-order valence-electron chi connectivity index (χ3n) is 3.42. The fraction of sp³-hybridized carbons (Fsp3) is 0.385. The number of rotatable bonds is 3. The van der Waals surface area contributed by atoms with E-state index in [9.17, 15) is 4.79 Å². The molecule has 0 aromatic heterocycles. The Labute approximate surface area is 106 Å². The molecule has 4 N–H and O–H groups in total. The number of amides is 1. The van der Waals surface area contributed by atoms with Crippen molar-refractivity contribution in [3.63, 3.8) is 0 Å². The van der Waals surface area contributed by atoms with Gasteiger partial charge in [0.15, 0.2) is 5.84 Å². The summed E-state index contributed by atoms with van der Waals surface area (Å²) in [4.78, 5) is 12.2. The number of nitrogens with two attached hydrogens (primary N) is 1. The summed E-state index contributed by atoms with van der Waals surface area (Å²) in [7, 11) is 0. The zero-order valence-corrected chi connectivity index (χ0v) is 10.5. The van der Waals surface area contributed by atoms with Crippen LogP contribution in [-0.2, 0) is 4.79 Å². The Balaban J connectivity index is 2.20. The van der Waals surface area contributed by atoms with Crippen LogP contribution in [0.25, 0.3) is 0 Å². The van der Waals surface area contributed by atoms with E-state index in [0.717, 1.165) is 16.8 Å². The van der Waals surface area contributed by atoms with E-state index in [0.29, 0.717) is 12.8 Å². The minimum absolute atomic E-state index is 0.00898. The molecule has 1 fully saturated rings. The van der Waals surface area contributed by atoms with Crippen molar-refractivity contribution < 1.29 is 10.0 Å². The van der Waals surface area contributed by atoms with Gasteiger partial charge >= 0.3 is 0 Å². The average molecular weight is 247 g/mol. The van der Waals surface area contributed by atoms with Crippen molar-refractivity contribution in [2.45, 2.75) is 26.7 Å². The van der Waals surface area contributed by atoms with Crippen LogP contribution in [0.15, 0.2) is 23.4 Å². The second-order valence-corrected chi connectivity index (χ2v) is 4.84. The Morgan fingerprint density at radius 3 is 2.67 bits per heavy atom. The first-order valence-electron chi connectivity index (χ1n) is 5.86. The molecular formula is C13H17N3O2. The van der Waals surface area contributed by atoms with E-state index < -0.39 is 5.41 Å². The zero-order chi connectivity index (χ0) is 13.3. The third-order valence-corrected chi connectivity index (χ3v) is 3.42. The van der Waals surface area contributed by atoms with Crippen LogP contribution in [0.5, 0.6) is 0 Å². The van der Waals surface area contributed by atoms with Crippen molar-refractivity contribution in [1.29, 1.82) is 0 Å². The van der Waals surface area contributed by atoms with Crippen molar-refractivity contribution >= 4 is 17.4 Å². The normalized spacial score (nSPS) is 17.3. The second kappa shape index (κ2) is 4.33. The Morgan fingerprint density at radius 1 is 1.44 bits per heavy atom. The number of amidine groups is 1. The van der Waals surface area contributed by atoms with E-state index in [2.05, 4.69) is 10.5 Å². The molecule has 0 spiro atoms. The molecule has 0 aliphatic heterocycles. The molecule has 0 bridgehead atoms. The molecule has 0 radical (unpaired) electrons. The molecule has 5 nitrogen and oxygen atoms in total. The molecule has 0 saturated heterocycles. The average Bonchev–Trinajstić information content (AvgIpc) is 3.14. The van der Waals surface area contributed by atoms with Crippen LogP contribution in [-0.4, -0.2) is 17.0 Å². The molecule has 1 aromatic rings. The fourth-order valence-electron chi connectivity index (χ4n) is 1.93. The monoisotopic (exact) mass is 247 g/mol. The number of oxime groups is 1. The van der Waals surface area contributed by atoms with Crippen LogP contribution in [0.2, 0.25) is 0 Å². The Kier molecular flexibility index (Phi) is 2.98. The smallest absolute Gasteiger partial charge is 0.238 e. The van der Waals surface area contributed by atoms with E-state index in [1.165, 1.54) is 0 Å². The maximum absolute atomic E-state index is 12.2. The highest BCUT2D eigenvalue weighted by molar-refractivity contribution is 6.14. The van der Waals surface area contributed by atoms with Gasteiger partial charge in [-0.25, -0.2) is 0 Å². The van der Waals surface area contributed by atoms with Gasteiger partial charge in [0.25, 0.3) is 0 Å². The van der Waals surface area contributed by atoms with Crippen LogP contribution in [0.3, 0.4) is 0 Å². The summed E-state index contributed by atoms with van der Waals surface area (Å²) in [5.74, 6) is -0.211. The topological polar surface area (TPSA) is 87.7 Å². The zero-order valence-electron chi connectivity index (χ0n) is 10.5. The number of carbonyl (C=O) groups is 1. The lowest BCUT2D eigenvalue weighted by atomic mass is 10.0. The van der Waals surface area contributed by atoms with Crippen LogP contribution < -0.4 is 11.1 Å². The summed E-state index contributed by atoms with van der Waals surface area (Å²) >= 11 is 0. The molecule has 18 heavy (non-hydrogen) atoms. The van der Waals surface area contributed by atoms with Crippen LogP contribution in [0, 0.1) is 19.3 Å². The SMILES string of the molecule is Cc1ccc(C)c(NC(=O)C2(/C(N)=N/O)CC2)c1. The first-order valence-corrected chi connectivity index (χ1v) is 5.86. The highest BCUT2D eigenvalue weighted by Crippen LogP contribution is 2.46. The van der Waals surface area contributed by atoms with Gasteiger partial charge in [0.1, 0.15) is 5.41 Å². The van der Waals surface area contributed by atoms with E-state index in [1.807, 2.05) is 32.0 Å². The Bertz CT molecular complexity index is 519. The molecule has 0 atom stereocenters. The summed E-state index contributed by atoms with van der Waals surface area (Å²) in [5.41, 5.74) is 7.60. The lowest BCUT2D eigenvalue weighted by molar-refractivity contribution is -0.119. The number of anilines is 1. The maximum atomic E-state index is 12.2. The number of nitrogens with one attached hydrogen (secondary N) is 1. The standard InChI is InChI=1S/C13H17N3O2/c1-8-3-4-9(2)10(7-8)15-12(17)13(5-6-13)11(14)16-18/h3-4,7,18H,5-6H2,1-2H3,(H2,14,16)(H,15,17). The van der Waals surface area contributed by atoms with Crippen molar-refractivity contribution in [3.8, 4) is 0 Å². The molecule has 96 valence electrons. The number of carbonyl (C=O) groups excluding carboxylic acids is 1. The van der Waals surface area contributed by atoms with E-state index in [-0.39, 0.29) is 11.7 Å². The van der Waals surface area contributed by atoms with Crippen molar-refractivity contribution in [2.75, 3.05) is 5.32 Å². The molecule has 1 amide bonds. The Morgan fingerprint density at radius 2 is 2.11 bits per heavy atom. The van der Waals surface area contributed by atoms with Gasteiger partial charge in [-0.3, -0.25) is 4.79 Å².